The Kier molecular flexibility index (Phi) is 8.62. The minimum absolute atomic E-state index is 0.454. The number of hydrogen-bond acceptors (Lipinski definition) is 4. The van der Waals surface area contributed by atoms with Crippen molar-refractivity contribution >= 4 is 11.6 Å². The van der Waals surface area contributed by atoms with Gasteiger partial charge in [-0.2, -0.15) is 0 Å². The first-order chi connectivity index (χ1) is 14.1. The molecule has 0 aromatic heterocycles. The van der Waals surface area contributed by atoms with Gasteiger partial charge in [0.15, 0.2) is 5.96 Å². The first-order valence-electron chi connectivity index (χ1n) is 11.4. The minimum Gasteiger partial charge on any atom is -0.369 e. The van der Waals surface area contributed by atoms with Gasteiger partial charge in [-0.3, -0.25) is 4.99 Å². The molecule has 2 heterocycles. The largest absolute Gasteiger partial charge is 0.369 e. The third kappa shape index (κ3) is 7.19. The highest BCUT2D eigenvalue weighted by Crippen LogP contribution is 2.20. The van der Waals surface area contributed by atoms with E-state index in [0.29, 0.717) is 6.04 Å². The van der Waals surface area contributed by atoms with Crippen molar-refractivity contribution in [1.29, 1.82) is 0 Å². The summed E-state index contributed by atoms with van der Waals surface area (Å²) >= 11 is 0. The van der Waals surface area contributed by atoms with Crippen LogP contribution in [-0.2, 0) is 0 Å². The van der Waals surface area contributed by atoms with E-state index >= 15 is 0 Å². The molecule has 0 radical (unpaired) electrons. The van der Waals surface area contributed by atoms with Crippen molar-refractivity contribution in [3.05, 3.63) is 29.8 Å². The van der Waals surface area contributed by atoms with E-state index in [1.807, 2.05) is 0 Å². The number of likely N-dealkylation sites (N-methyl/N-ethyl adjacent to an activating group) is 1. The highest BCUT2D eigenvalue weighted by atomic mass is 15.2. The van der Waals surface area contributed by atoms with Crippen LogP contribution < -0.4 is 15.5 Å². The second-order valence-corrected chi connectivity index (χ2v) is 8.52. The number of nitrogens with one attached hydrogen (secondary N) is 2. The molecule has 6 nitrogen and oxygen atoms in total. The molecule has 2 aliphatic heterocycles. The predicted octanol–water partition coefficient (Wildman–Crippen LogP) is 2.16. The second kappa shape index (κ2) is 11.4. The molecule has 2 fully saturated rings. The van der Waals surface area contributed by atoms with Crippen LogP contribution in [0.3, 0.4) is 0 Å². The van der Waals surface area contributed by atoms with E-state index < -0.39 is 0 Å². The number of nitrogens with zero attached hydrogens (tertiary/aromatic N) is 4. The topological polar surface area (TPSA) is 46.1 Å². The first-order valence-corrected chi connectivity index (χ1v) is 11.4. The number of aliphatic imine (C=N–C) groups is 1. The Morgan fingerprint density at radius 3 is 2.72 bits per heavy atom. The summed E-state index contributed by atoms with van der Waals surface area (Å²) in [4.78, 5) is 12.3. The van der Waals surface area contributed by atoms with Gasteiger partial charge in [0.1, 0.15) is 0 Å². The second-order valence-electron chi connectivity index (χ2n) is 8.52. The molecule has 1 aromatic carbocycles. The van der Waals surface area contributed by atoms with Crippen LogP contribution in [0.15, 0.2) is 29.3 Å². The number of hydrogen-bond donors (Lipinski definition) is 2. The van der Waals surface area contributed by atoms with Crippen LogP contribution >= 0.6 is 0 Å². The molecule has 0 saturated carbocycles. The summed E-state index contributed by atoms with van der Waals surface area (Å²) in [7, 11) is 2.23. The van der Waals surface area contributed by atoms with E-state index in [1.54, 1.807) is 0 Å². The summed E-state index contributed by atoms with van der Waals surface area (Å²) in [6.45, 7) is 14.2. The van der Waals surface area contributed by atoms with E-state index in [1.165, 1.54) is 43.9 Å². The van der Waals surface area contributed by atoms with Gasteiger partial charge in [-0.15, -0.1) is 0 Å². The Morgan fingerprint density at radius 1 is 1.10 bits per heavy atom. The van der Waals surface area contributed by atoms with Crippen molar-refractivity contribution < 1.29 is 0 Å². The SMILES string of the molecule is CCNC(=NCCCN1CCCN(C)CC1)NC1CCN(c2ccc(C)cc2)C1. The molecule has 1 aromatic rings. The molecule has 0 bridgehead atoms. The fourth-order valence-corrected chi connectivity index (χ4v) is 4.19. The Balaban J connectivity index is 1.42. The van der Waals surface area contributed by atoms with Crippen LogP contribution in [0.5, 0.6) is 0 Å². The standard InChI is InChI=1S/C23H40N6/c1-4-24-23(25-12-5-14-28-15-6-13-27(3)17-18-28)26-21-11-16-29(19-21)22-9-7-20(2)8-10-22/h7-10,21H,4-6,11-19H2,1-3H3,(H2,24,25,26). The average Bonchev–Trinajstić information content (AvgIpc) is 3.07. The molecule has 0 amide bonds. The van der Waals surface area contributed by atoms with E-state index in [-0.39, 0.29) is 0 Å². The zero-order chi connectivity index (χ0) is 20.5. The smallest absolute Gasteiger partial charge is 0.191 e. The van der Waals surface area contributed by atoms with Crippen molar-refractivity contribution in [2.45, 2.75) is 39.2 Å². The number of anilines is 1. The van der Waals surface area contributed by atoms with Crippen LogP contribution in [0.2, 0.25) is 0 Å². The van der Waals surface area contributed by atoms with Gasteiger partial charge in [-0.1, -0.05) is 17.7 Å². The number of guanidine groups is 1. The third-order valence-corrected chi connectivity index (χ3v) is 5.99. The summed E-state index contributed by atoms with van der Waals surface area (Å²) < 4.78 is 0. The van der Waals surface area contributed by atoms with Crippen molar-refractivity contribution in [3.63, 3.8) is 0 Å². The summed E-state index contributed by atoms with van der Waals surface area (Å²) in [6.07, 6.45) is 3.56. The van der Waals surface area contributed by atoms with Gasteiger partial charge in [0.2, 0.25) is 0 Å². The van der Waals surface area contributed by atoms with Gasteiger partial charge >= 0.3 is 0 Å². The van der Waals surface area contributed by atoms with E-state index in [4.69, 9.17) is 4.99 Å². The average molecular weight is 401 g/mol. The Labute approximate surface area is 177 Å². The lowest BCUT2D eigenvalue weighted by Crippen LogP contribution is -2.44. The van der Waals surface area contributed by atoms with E-state index in [9.17, 15) is 0 Å². The van der Waals surface area contributed by atoms with Crippen molar-refractivity contribution in [2.24, 2.45) is 4.99 Å². The zero-order valence-electron chi connectivity index (χ0n) is 18.7. The Bertz CT molecular complexity index is 629. The molecule has 2 N–H and O–H groups in total. The number of aryl methyl sites for hydroxylation is 1. The van der Waals surface area contributed by atoms with Crippen molar-refractivity contribution in [2.75, 3.05) is 70.9 Å². The monoisotopic (exact) mass is 400 g/mol. The molecule has 0 spiro atoms. The first kappa shape index (κ1) is 21.9. The number of benzene rings is 1. The molecule has 2 saturated heterocycles. The van der Waals surface area contributed by atoms with E-state index in [2.05, 4.69) is 70.5 Å². The van der Waals surface area contributed by atoms with Gasteiger partial charge in [-0.25, -0.2) is 0 Å². The maximum Gasteiger partial charge on any atom is 0.191 e. The summed E-state index contributed by atoms with van der Waals surface area (Å²) in [6, 6.07) is 9.32. The lowest BCUT2D eigenvalue weighted by molar-refractivity contribution is 0.275. The summed E-state index contributed by atoms with van der Waals surface area (Å²) in [5.74, 6) is 0.971. The molecule has 162 valence electrons. The van der Waals surface area contributed by atoms with Crippen molar-refractivity contribution in [1.82, 2.24) is 20.4 Å². The van der Waals surface area contributed by atoms with Gasteiger partial charge in [-0.05, 0) is 71.9 Å². The van der Waals surface area contributed by atoms with E-state index in [0.717, 1.165) is 51.5 Å². The van der Waals surface area contributed by atoms with Crippen LogP contribution in [-0.4, -0.2) is 87.8 Å². The van der Waals surface area contributed by atoms with Crippen LogP contribution in [0.4, 0.5) is 5.69 Å². The van der Waals surface area contributed by atoms with Gasteiger partial charge in [0.05, 0.1) is 0 Å². The summed E-state index contributed by atoms with van der Waals surface area (Å²) in [5.41, 5.74) is 2.64. The van der Waals surface area contributed by atoms with Gasteiger partial charge in [0.25, 0.3) is 0 Å². The zero-order valence-corrected chi connectivity index (χ0v) is 18.7. The molecular weight excluding hydrogens is 360 g/mol. The van der Waals surface area contributed by atoms with Crippen LogP contribution in [0.25, 0.3) is 0 Å². The van der Waals surface area contributed by atoms with Gasteiger partial charge in [0, 0.05) is 51.0 Å². The molecule has 1 atom stereocenters. The minimum atomic E-state index is 0.454. The maximum absolute atomic E-state index is 4.85. The highest BCUT2D eigenvalue weighted by molar-refractivity contribution is 5.80. The van der Waals surface area contributed by atoms with Crippen molar-refractivity contribution in [3.8, 4) is 0 Å². The summed E-state index contributed by atoms with van der Waals surface area (Å²) in [5, 5.41) is 7.09. The predicted molar refractivity (Wildman–Crippen MR) is 124 cm³/mol. The quantitative estimate of drug-likeness (QED) is 0.417. The fraction of sp³-hybridized carbons (Fsp3) is 0.696. The molecular formula is C23H40N6. The normalized spacial score (nSPS) is 22.0. The fourth-order valence-electron chi connectivity index (χ4n) is 4.19. The van der Waals surface area contributed by atoms with Gasteiger partial charge < -0.3 is 25.3 Å². The van der Waals surface area contributed by atoms with Crippen LogP contribution in [0, 0.1) is 6.92 Å². The molecule has 3 rings (SSSR count). The molecule has 0 aliphatic carbocycles. The Morgan fingerprint density at radius 2 is 1.93 bits per heavy atom. The lowest BCUT2D eigenvalue weighted by Gasteiger charge is -2.21. The maximum atomic E-state index is 4.85. The third-order valence-electron chi connectivity index (χ3n) is 5.99. The lowest BCUT2D eigenvalue weighted by atomic mass is 10.2. The molecule has 6 heteroatoms. The highest BCUT2D eigenvalue weighted by Gasteiger charge is 2.23. The van der Waals surface area contributed by atoms with Crippen LogP contribution in [0.1, 0.15) is 31.7 Å². The Hall–Kier alpha value is -1.79. The molecule has 1 unspecified atom stereocenters. The number of rotatable bonds is 7. The molecule has 29 heavy (non-hydrogen) atoms. The molecule has 2 aliphatic rings.